The average molecular weight is 920 g/mol. The van der Waals surface area contributed by atoms with Crippen LogP contribution in [0.1, 0.15) is 265 Å². The van der Waals surface area contributed by atoms with E-state index in [2.05, 4.69) is 106 Å². The summed E-state index contributed by atoms with van der Waals surface area (Å²) >= 11 is 0. The van der Waals surface area contributed by atoms with Crippen LogP contribution in [0.25, 0.3) is 0 Å². The molecule has 1 atom stereocenters. The third-order valence-corrected chi connectivity index (χ3v) is 11.9. The Hall–Kier alpha value is -2.92. The molecule has 0 fully saturated rings. The number of carbonyl (C=O) groups excluding carboxylic acids is 2. The van der Waals surface area contributed by atoms with Gasteiger partial charge in [0, 0.05) is 19.4 Å². The highest BCUT2D eigenvalue weighted by molar-refractivity contribution is 5.70. The van der Waals surface area contributed by atoms with E-state index in [1.54, 1.807) is 0 Å². The van der Waals surface area contributed by atoms with E-state index in [-0.39, 0.29) is 25.2 Å². The van der Waals surface area contributed by atoms with Crippen LogP contribution in [-0.2, 0) is 23.8 Å². The first-order chi connectivity index (χ1) is 32.6. The van der Waals surface area contributed by atoms with Crippen molar-refractivity contribution >= 4 is 11.9 Å². The standard InChI is InChI=1S/C61H106O5/c1-4-7-10-13-16-19-22-25-27-29-31-32-34-37-39-42-45-48-51-54-60(62)65-58-59(66-61(63)55-52-49-46-43-40-36-24-21-18-15-12-9-6-3)57-64-56-53-50-47-44-41-38-35-33-30-28-26-23-20-17-14-11-8-5-2/h12,15-17,19-21,24-28,31-32,59H,4-11,13-14,18,22-23,29-30,33-58H2,1-3H3/b15-12-,19-16-,20-17-,24-21-,27-25-,28-26-,32-31-. The average Bonchev–Trinajstić information content (AvgIpc) is 3.32. The maximum Gasteiger partial charge on any atom is 0.306 e. The number of unbranched alkanes of at least 4 members (excludes halogenated alkanes) is 26. The number of hydrogen-bond acceptors (Lipinski definition) is 5. The minimum Gasteiger partial charge on any atom is -0.462 e. The van der Waals surface area contributed by atoms with Crippen molar-refractivity contribution in [2.24, 2.45) is 0 Å². The molecule has 0 rings (SSSR count). The molecule has 0 aromatic carbocycles. The van der Waals surface area contributed by atoms with Gasteiger partial charge in [-0.25, -0.2) is 0 Å². The Morgan fingerprint density at radius 1 is 0.333 bits per heavy atom. The van der Waals surface area contributed by atoms with Crippen molar-refractivity contribution in [2.45, 2.75) is 271 Å². The minimum absolute atomic E-state index is 0.0674. The number of allylic oxidation sites excluding steroid dienone is 14. The predicted molar refractivity (Wildman–Crippen MR) is 288 cm³/mol. The maximum absolute atomic E-state index is 12.8. The number of rotatable bonds is 51. The lowest BCUT2D eigenvalue weighted by atomic mass is 10.1. The molecule has 0 aliphatic carbocycles. The molecule has 5 nitrogen and oxygen atoms in total. The van der Waals surface area contributed by atoms with Gasteiger partial charge in [-0.1, -0.05) is 221 Å². The fourth-order valence-corrected chi connectivity index (χ4v) is 7.64. The molecule has 380 valence electrons. The van der Waals surface area contributed by atoms with Crippen LogP contribution in [-0.4, -0.2) is 37.9 Å². The van der Waals surface area contributed by atoms with Gasteiger partial charge < -0.3 is 14.2 Å². The lowest BCUT2D eigenvalue weighted by molar-refractivity contribution is -0.163. The second kappa shape index (κ2) is 56.4. The summed E-state index contributed by atoms with van der Waals surface area (Å²) in [5.74, 6) is -0.428. The third-order valence-electron chi connectivity index (χ3n) is 11.9. The number of carbonyl (C=O) groups is 2. The highest BCUT2D eigenvalue weighted by atomic mass is 16.6. The van der Waals surface area contributed by atoms with E-state index in [1.807, 2.05) is 0 Å². The zero-order chi connectivity index (χ0) is 47.7. The molecule has 0 aromatic heterocycles. The van der Waals surface area contributed by atoms with Gasteiger partial charge in [0.15, 0.2) is 6.10 Å². The van der Waals surface area contributed by atoms with Gasteiger partial charge in [-0.3, -0.25) is 9.59 Å². The van der Waals surface area contributed by atoms with Crippen molar-refractivity contribution in [3.63, 3.8) is 0 Å². The zero-order valence-corrected chi connectivity index (χ0v) is 43.7. The van der Waals surface area contributed by atoms with Crippen molar-refractivity contribution in [2.75, 3.05) is 19.8 Å². The molecular weight excluding hydrogens is 813 g/mol. The highest BCUT2D eigenvalue weighted by Gasteiger charge is 2.17. The summed E-state index contributed by atoms with van der Waals surface area (Å²) < 4.78 is 17.4. The van der Waals surface area contributed by atoms with Gasteiger partial charge in [0.25, 0.3) is 0 Å². The Bertz CT molecular complexity index is 1220. The number of hydrogen-bond donors (Lipinski definition) is 0. The van der Waals surface area contributed by atoms with Gasteiger partial charge in [0.05, 0.1) is 6.61 Å². The monoisotopic (exact) mass is 919 g/mol. The van der Waals surface area contributed by atoms with Crippen molar-refractivity contribution < 1.29 is 23.8 Å². The fraction of sp³-hybridized carbons (Fsp3) is 0.738. The molecule has 0 radical (unpaired) electrons. The van der Waals surface area contributed by atoms with Crippen molar-refractivity contribution in [3.8, 4) is 0 Å². The summed E-state index contributed by atoms with van der Waals surface area (Å²) in [6, 6.07) is 0. The Balaban J connectivity index is 4.30. The molecular formula is C61H106O5. The van der Waals surface area contributed by atoms with Crippen molar-refractivity contribution in [3.05, 3.63) is 85.1 Å². The van der Waals surface area contributed by atoms with Crippen LogP contribution in [0.5, 0.6) is 0 Å². The van der Waals surface area contributed by atoms with E-state index in [9.17, 15) is 9.59 Å². The first kappa shape index (κ1) is 63.1. The molecule has 0 saturated heterocycles. The van der Waals surface area contributed by atoms with Crippen LogP contribution in [0.4, 0.5) is 0 Å². The molecule has 0 aliphatic rings. The molecule has 1 unspecified atom stereocenters. The van der Waals surface area contributed by atoms with Crippen LogP contribution in [0.3, 0.4) is 0 Å². The highest BCUT2D eigenvalue weighted by Crippen LogP contribution is 2.14. The molecule has 66 heavy (non-hydrogen) atoms. The third kappa shape index (κ3) is 53.7. The number of ether oxygens (including phenoxy) is 3. The van der Waals surface area contributed by atoms with Gasteiger partial charge in [-0.2, -0.15) is 0 Å². The van der Waals surface area contributed by atoms with Gasteiger partial charge in [0.1, 0.15) is 6.61 Å². The quantitative estimate of drug-likeness (QED) is 0.0346. The topological polar surface area (TPSA) is 61.8 Å². The second-order valence-electron chi connectivity index (χ2n) is 18.5. The lowest BCUT2D eigenvalue weighted by Gasteiger charge is -2.18. The van der Waals surface area contributed by atoms with Gasteiger partial charge >= 0.3 is 11.9 Å². The molecule has 0 aromatic rings. The van der Waals surface area contributed by atoms with Gasteiger partial charge in [0.2, 0.25) is 0 Å². The summed E-state index contributed by atoms with van der Waals surface area (Å²) in [5, 5.41) is 0. The summed E-state index contributed by atoms with van der Waals surface area (Å²) in [6.45, 7) is 7.69. The van der Waals surface area contributed by atoms with Gasteiger partial charge in [-0.15, -0.1) is 0 Å². The lowest BCUT2D eigenvalue weighted by Crippen LogP contribution is -2.30. The van der Waals surface area contributed by atoms with E-state index in [0.717, 1.165) is 96.3 Å². The Kier molecular flexibility index (Phi) is 53.9. The molecule has 0 aliphatic heterocycles. The van der Waals surface area contributed by atoms with Crippen LogP contribution < -0.4 is 0 Å². The smallest absolute Gasteiger partial charge is 0.306 e. The molecule has 5 heteroatoms. The van der Waals surface area contributed by atoms with Crippen LogP contribution in [0.2, 0.25) is 0 Å². The zero-order valence-electron chi connectivity index (χ0n) is 43.7. The van der Waals surface area contributed by atoms with Crippen molar-refractivity contribution in [1.82, 2.24) is 0 Å². The molecule has 0 saturated carbocycles. The molecule has 0 amide bonds. The molecule has 0 N–H and O–H groups in total. The first-order valence-electron chi connectivity index (χ1n) is 28.1. The van der Waals surface area contributed by atoms with E-state index in [1.165, 1.54) is 135 Å². The minimum atomic E-state index is -0.556. The van der Waals surface area contributed by atoms with E-state index in [0.29, 0.717) is 19.4 Å². The van der Waals surface area contributed by atoms with E-state index >= 15 is 0 Å². The van der Waals surface area contributed by atoms with E-state index < -0.39 is 6.10 Å². The normalized spacial score (nSPS) is 12.8. The molecule has 0 heterocycles. The molecule has 0 bridgehead atoms. The van der Waals surface area contributed by atoms with E-state index in [4.69, 9.17) is 14.2 Å². The first-order valence-corrected chi connectivity index (χ1v) is 28.1. The summed E-state index contributed by atoms with van der Waals surface area (Å²) in [7, 11) is 0. The second-order valence-corrected chi connectivity index (χ2v) is 18.5. The van der Waals surface area contributed by atoms with Crippen LogP contribution in [0.15, 0.2) is 85.1 Å². The van der Waals surface area contributed by atoms with Gasteiger partial charge in [-0.05, 0) is 116 Å². The fourth-order valence-electron chi connectivity index (χ4n) is 7.64. The summed E-state index contributed by atoms with van der Waals surface area (Å²) in [5.41, 5.74) is 0. The Labute approximate surface area is 409 Å². The van der Waals surface area contributed by atoms with Crippen molar-refractivity contribution in [1.29, 1.82) is 0 Å². The maximum atomic E-state index is 12.8. The Morgan fingerprint density at radius 2 is 0.667 bits per heavy atom. The largest absolute Gasteiger partial charge is 0.462 e. The molecule has 0 spiro atoms. The van der Waals surface area contributed by atoms with Crippen LogP contribution in [0, 0.1) is 0 Å². The number of esters is 2. The predicted octanol–water partition coefficient (Wildman–Crippen LogP) is 19.2. The Morgan fingerprint density at radius 3 is 1.08 bits per heavy atom. The van der Waals surface area contributed by atoms with Crippen LogP contribution >= 0.6 is 0 Å². The SMILES string of the molecule is CCC/C=C\C/C=C\CCCCCCCC(=O)OC(COCCCCCCCCCC/C=C\C/C=C\CCCCC)COC(=O)CCCCCCCC/C=C\C/C=C\C/C=C\CCCCC. The summed E-state index contributed by atoms with van der Waals surface area (Å²) in [4.78, 5) is 25.5. The summed E-state index contributed by atoms with van der Waals surface area (Å²) in [6.07, 6.45) is 74.5.